The zero-order chi connectivity index (χ0) is 12.8. The molecule has 1 aliphatic carbocycles. The highest BCUT2D eigenvalue weighted by Gasteiger charge is 2.60. The fourth-order valence-electron chi connectivity index (χ4n) is 2.64. The van der Waals surface area contributed by atoms with Crippen LogP contribution in [0.15, 0.2) is 0 Å². The molecule has 2 rings (SSSR count). The topological polar surface area (TPSA) is 66.8 Å². The van der Waals surface area contributed by atoms with Crippen molar-refractivity contribution in [2.24, 2.45) is 11.8 Å². The Labute approximate surface area is 101 Å². The zero-order valence-electron chi connectivity index (χ0n) is 10.5. The highest BCUT2D eigenvalue weighted by Crippen LogP contribution is 2.49. The summed E-state index contributed by atoms with van der Waals surface area (Å²) in [6.45, 7) is 6.05. The Kier molecular flexibility index (Phi) is 2.79. The Morgan fingerprint density at radius 3 is 2.53 bits per heavy atom. The van der Waals surface area contributed by atoms with Gasteiger partial charge in [0, 0.05) is 6.54 Å². The molecule has 0 radical (unpaired) electrons. The lowest BCUT2D eigenvalue weighted by Crippen LogP contribution is -2.41. The maximum atomic E-state index is 11.9. The van der Waals surface area contributed by atoms with Gasteiger partial charge in [-0.15, -0.1) is 0 Å². The molecule has 0 aromatic rings. The Hall–Kier alpha value is -1.26. The smallest absolute Gasteiger partial charge is 0.410 e. The molecule has 1 heterocycles. The first-order chi connectivity index (χ1) is 7.81. The van der Waals surface area contributed by atoms with Gasteiger partial charge in [0.05, 0.1) is 12.0 Å². The van der Waals surface area contributed by atoms with E-state index in [1.54, 1.807) is 4.90 Å². The van der Waals surface area contributed by atoms with Gasteiger partial charge < -0.3 is 14.7 Å². The van der Waals surface area contributed by atoms with Crippen LogP contribution in [0.1, 0.15) is 33.6 Å². The molecule has 1 amide bonds. The number of fused-ring (bicyclic) bond motifs is 1. The predicted octanol–water partition coefficient (Wildman–Crippen LogP) is 1.72. The summed E-state index contributed by atoms with van der Waals surface area (Å²) in [6, 6.07) is -0.143. The highest BCUT2D eigenvalue weighted by atomic mass is 16.6. The molecule has 2 fully saturated rings. The Morgan fingerprint density at radius 2 is 2.00 bits per heavy atom. The Morgan fingerprint density at radius 1 is 1.35 bits per heavy atom. The SMILES string of the molecule is CC(C)(C)OC(=O)N1CCC[C@H]2[C@@H](C(=O)O)[C@H]21. The van der Waals surface area contributed by atoms with E-state index in [1.165, 1.54) is 0 Å². The third-order valence-corrected chi connectivity index (χ3v) is 3.34. The molecule has 96 valence electrons. The van der Waals surface area contributed by atoms with Gasteiger partial charge in [0.15, 0.2) is 0 Å². The molecule has 0 aromatic heterocycles. The lowest BCUT2D eigenvalue weighted by molar-refractivity contribution is -0.139. The van der Waals surface area contributed by atoms with Crippen molar-refractivity contribution in [1.29, 1.82) is 0 Å². The van der Waals surface area contributed by atoms with E-state index in [9.17, 15) is 9.59 Å². The first kappa shape index (κ1) is 12.2. The summed E-state index contributed by atoms with van der Waals surface area (Å²) in [5.74, 6) is -1.05. The number of likely N-dealkylation sites (tertiary alicyclic amines) is 1. The molecule has 1 saturated carbocycles. The van der Waals surface area contributed by atoms with Crippen LogP contribution in [0.5, 0.6) is 0 Å². The maximum absolute atomic E-state index is 11.9. The van der Waals surface area contributed by atoms with Crippen molar-refractivity contribution in [1.82, 2.24) is 4.90 Å². The second kappa shape index (κ2) is 3.89. The summed E-state index contributed by atoms with van der Waals surface area (Å²) in [5.41, 5.74) is -0.530. The number of amides is 1. The average Bonchev–Trinajstić information content (AvgIpc) is 2.87. The van der Waals surface area contributed by atoms with Crippen LogP contribution in [0.4, 0.5) is 4.79 Å². The van der Waals surface area contributed by atoms with Gasteiger partial charge in [-0.25, -0.2) is 4.79 Å². The van der Waals surface area contributed by atoms with Crippen LogP contribution in [0.25, 0.3) is 0 Å². The number of aliphatic carboxylic acids is 1. The number of carbonyl (C=O) groups excluding carboxylic acids is 1. The Balaban J connectivity index is 2.02. The summed E-state index contributed by atoms with van der Waals surface area (Å²) in [6.07, 6.45) is 1.39. The van der Waals surface area contributed by atoms with Gasteiger partial charge in [0.25, 0.3) is 0 Å². The lowest BCUT2D eigenvalue weighted by atomic mass is 10.1. The van der Waals surface area contributed by atoms with Crippen LogP contribution in [0.2, 0.25) is 0 Å². The van der Waals surface area contributed by atoms with Crippen molar-refractivity contribution >= 4 is 12.1 Å². The molecule has 5 heteroatoms. The zero-order valence-corrected chi connectivity index (χ0v) is 10.5. The standard InChI is InChI=1S/C12H19NO4/c1-12(2,3)17-11(16)13-6-4-5-7-8(9(7)13)10(14)15/h7-9H,4-6H2,1-3H3,(H,14,15)/t7-,8+,9-/m0/s1. The third kappa shape index (κ3) is 2.37. The van der Waals surface area contributed by atoms with E-state index in [1.807, 2.05) is 20.8 Å². The number of hydrogen-bond donors (Lipinski definition) is 1. The van der Waals surface area contributed by atoms with Gasteiger partial charge in [-0.2, -0.15) is 0 Å². The molecule has 0 aromatic carbocycles. The van der Waals surface area contributed by atoms with Crippen LogP contribution in [0.3, 0.4) is 0 Å². The molecule has 5 nitrogen and oxygen atoms in total. The van der Waals surface area contributed by atoms with Crippen molar-refractivity contribution in [2.75, 3.05) is 6.54 Å². The van der Waals surface area contributed by atoms with Crippen molar-refractivity contribution < 1.29 is 19.4 Å². The number of carboxylic acids is 1. The fraction of sp³-hybridized carbons (Fsp3) is 0.833. The number of nitrogens with zero attached hydrogens (tertiary/aromatic N) is 1. The molecular weight excluding hydrogens is 222 g/mol. The maximum Gasteiger partial charge on any atom is 0.410 e. The molecule has 17 heavy (non-hydrogen) atoms. The second-order valence-electron chi connectivity index (χ2n) is 5.83. The molecule has 0 spiro atoms. The summed E-state index contributed by atoms with van der Waals surface area (Å²) < 4.78 is 5.30. The molecular formula is C12H19NO4. The minimum Gasteiger partial charge on any atom is -0.481 e. The number of carboxylic acid groups (broad SMARTS) is 1. The van der Waals surface area contributed by atoms with E-state index >= 15 is 0 Å². The van der Waals surface area contributed by atoms with Gasteiger partial charge in [-0.3, -0.25) is 4.79 Å². The van der Waals surface area contributed by atoms with Crippen molar-refractivity contribution in [3.05, 3.63) is 0 Å². The van der Waals surface area contributed by atoms with Gasteiger partial charge in [-0.05, 0) is 39.5 Å². The molecule has 1 saturated heterocycles. The second-order valence-corrected chi connectivity index (χ2v) is 5.83. The number of rotatable bonds is 1. The quantitative estimate of drug-likeness (QED) is 0.759. The van der Waals surface area contributed by atoms with Crippen molar-refractivity contribution in [2.45, 2.75) is 45.3 Å². The summed E-state index contributed by atoms with van der Waals surface area (Å²) in [5, 5.41) is 9.04. The van der Waals surface area contributed by atoms with Crippen molar-refractivity contribution in [3.63, 3.8) is 0 Å². The summed E-state index contributed by atoms with van der Waals surface area (Å²) in [7, 11) is 0. The van der Waals surface area contributed by atoms with Crippen LogP contribution in [-0.2, 0) is 9.53 Å². The van der Waals surface area contributed by atoms with Crippen molar-refractivity contribution in [3.8, 4) is 0 Å². The predicted molar refractivity (Wildman–Crippen MR) is 60.6 cm³/mol. The summed E-state index contributed by atoms with van der Waals surface area (Å²) >= 11 is 0. The fourth-order valence-corrected chi connectivity index (χ4v) is 2.64. The van der Waals surface area contributed by atoms with E-state index < -0.39 is 11.6 Å². The molecule has 1 N–H and O–H groups in total. The summed E-state index contributed by atoms with van der Waals surface area (Å²) in [4.78, 5) is 24.5. The molecule has 2 aliphatic rings. The largest absolute Gasteiger partial charge is 0.481 e. The number of carbonyl (C=O) groups is 2. The average molecular weight is 241 g/mol. The van der Waals surface area contributed by atoms with E-state index in [2.05, 4.69) is 0 Å². The highest BCUT2D eigenvalue weighted by molar-refractivity contribution is 5.78. The third-order valence-electron chi connectivity index (χ3n) is 3.34. The van der Waals surface area contributed by atoms with E-state index in [0.29, 0.717) is 6.54 Å². The van der Waals surface area contributed by atoms with Gasteiger partial charge in [0.1, 0.15) is 5.60 Å². The molecule has 3 atom stereocenters. The number of ether oxygens (including phenoxy) is 1. The van der Waals surface area contributed by atoms with Crippen LogP contribution in [0, 0.1) is 11.8 Å². The van der Waals surface area contributed by atoms with Crippen LogP contribution >= 0.6 is 0 Å². The number of hydrogen-bond acceptors (Lipinski definition) is 3. The normalized spacial score (nSPS) is 31.7. The Bertz CT molecular complexity index is 347. The lowest BCUT2D eigenvalue weighted by Gasteiger charge is -2.29. The molecule has 1 aliphatic heterocycles. The van der Waals surface area contributed by atoms with E-state index in [-0.39, 0.29) is 24.0 Å². The molecule has 0 unspecified atom stereocenters. The first-order valence-electron chi connectivity index (χ1n) is 6.04. The van der Waals surface area contributed by atoms with Gasteiger partial charge >= 0.3 is 12.1 Å². The minimum absolute atomic E-state index is 0.133. The van der Waals surface area contributed by atoms with E-state index in [4.69, 9.17) is 9.84 Å². The minimum atomic E-state index is -0.796. The van der Waals surface area contributed by atoms with E-state index in [0.717, 1.165) is 12.8 Å². The number of piperidine rings is 1. The van der Waals surface area contributed by atoms with Gasteiger partial charge in [0.2, 0.25) is 0 Å². The van der Waals surface area contributed by atoms with Gasteiger partial charge in [-0.1, -0.05) is 0 Å². The van der Waals surface area contributed by atoms with Crippen LogP contribution in [-0.4, -0.2) is 40.3 Å². The monoisotopic (exact) mass is 241 g/mol. The van der Waals surface area contributed by atoms with Crippen LogP contribution < -0.4 is 0 Å². The molecule has 0 bridgehead atoms. The first-order valence-corrected chi connectivity index (χ1v) is 6.04.